The molecule has 22 heavy (non-hydrogen) atoms. The highest BCUT2D eigenvalue weighted by Gasteiger charge is 2.30. The number of nitrogens with one attached hydrogen (secondary N) is 1. The number of benzene rings is 1. The first-order chi connectivity index (χ1) is 10.3. The van der Waals surface area contributed by atoms with Gasteiger partial charge in [0.2, 0.25) is 5.91 Å². The highest BCUT2D eigenvalue weighted by atomic mass is 32.2. The van der Waals surface area contributed by atoms with Gasteiger partial charge in [-0.2, -0.15) is 0 Å². The molecule has 7 heteroatoms. The van der Waals surface area contributed by atoms with Crippen LogP contribution in [-0.4, -0.2) is 50.7 Å². The van der Waals surface area contributed by atoms with Gasteiger partial charge in [-0.15, -0.1) is 0 Å². The quantitative estimate of drug-likeness (QED) is 0.839. The monoisotopic (exact) mass is 328 g/mol. The number of rotatable bonds is 4. The number of carbonyl (C=O) groups is 1. The largest absolute Gasteiger partial charge is 0.337 e. The lowest BCUT2D eigenvalue weighted by molar-refractivity contribution is -0.137. The van der Waals surface area contributed by atoms with Crippen LogP contribution in [0.1, 0.15) is 13.8 Å². The molecule has 1 aliphatic rings. The van der Waals surface area contributed by atoms with Gasteiger partial charge in [0.15, 0.2) is 9.84 Å². The van der Waals surface area contributed by atoms with E-state index in [0.717, 1.165) is 12.1 Å². The molecule has 2 atom stereocenters. The summed E-state index contributed by atoms with van der Waals surface area (Å²) in [6.45, 7) is 5.57. The fraction of sp³-hybridized carbons (Fsp3) is 0.533. The zero-order valence-corrected chi connectivity index (χ0v) is 13.6. The summed E-state index contributed by atoms with van der Waals surface area (Å²) in [4.78, 5) is 14.2. The third-order valence-corrected chi connectivity index (χ3v) is 5.78. The van der Waals surface area contributed by atoms with Crippen LogP contribution in [0.15, 0.2) is 29.2 Å². The maximum atomic E-state index is 12.9. The maximum Gasteiger partial charge on any atom is 0.226 e. The number of carbonyl (C=O) groups excluding carboxylic acids is 1. The van der Waals surface area contributed by atoms with E-state index in [2.05, 4.69) is 5.32 Å². The zero-order valence-electron chi connectivity index (χ0n) is 12.8. The molecule has 0 aliphatic carbocycles. The molecule has 0 radical (unpaired) electrons. The molecule has 1 N–H and O–H groups in total. The molecule has 0 aromatic heterocycles. The molecule has 0 spiro atoms. The van der Waals surface area contributed by atoms with Crippen LogP contribution in [0, 0.1) is 11.7 Å². The average Bonchev–Trinajstić information content (AvgIpc) is 2.47. The number of amides is 1. The summed E-state index contributed by atoms with van der Waals surface area (Å²) >= 11 is 0. The maximum absolute atomic E-state index is 12.9. The van der Waals surface area contributed by atoms with E-state index in [4.69, 9.17) is 0 Å². The zero-order chi connectivity index (χ0) is 16.3. The molecule has 1 aromatic carbocycles. The standard InChI is InChI=1S/C15H21FN2O3S/c1-11(15(19)18-8-7-17-9-12(18)2)10-22(20,21)14-5-3-13(16)4-6-14/h3-6,11-12,17H,7-10H2,1-2H3. The molecule has 122 valence electrons. The van der Waals surface area contributed by atoms with Crippen molar-refractivity contribution in [2.75, 3.05) is 25.4 Å². The van der Waals surface area contributed by atoms with Crippen molar-refractivity contribution in [3.05, 3.63) is 30.1 Å². The Balaban J connectivity index is 2.08. The van der Waals surface area contributed by atoms with E-state index in [0.29, 0.717) is 19.6 Å². The SMILES string of the molecule is CC(CS(=O)(=O)c1ccc(F)cc1)C(=O)N1CCNCC1C. The summed E-state index contributed by atoms with van der Waals surface area (Å²) in [6, 6.07) is 4.73. The number of hydrogen-bond acceptors (Lipinski definition) is 4. The first-order valence-electron chi connectivity index (χ1n) is 7.31. The highest BCUT2D eigenvalue weighted by Crippen LogP contribution is 2.17. The fourth-order valence-electron chi connectivity index (χ4n) is 2.59. The Hall–Kier alpha value is -1.47. The molecule has 1 aliphatic heterocycles. The molecule has 1 heterocycles. The Morgan fingerprint density at radius 2 is 2.05 bits per heavy atom. The first kappa shape index (κ1) is 16.9. The third-order valence-electron chi connectivity index (χ3n) is 3.85. The lowest BCUT2D eigenvalue weighted by Crippen LogP contribution is -2.54. The van der Waals surface area contributed by atoms with Crippen molar-refractivity contribution in [1.82, 2.24) is 10.2 Å². The van der Waals surface area contributed by atoms with Gasteiger partial charge >= 0.3 is 0 Å². The van der Waals surface area contributed by atoms with Crippen LogP contribution in [0.4, 0.5) is 4.39 Å². The first-order valence-corrected chi connectivity index (χ1v) is 8.96. The predicted molar refractivity (Wildman–Crippen MR) is 81.7 cm³/mol. The number of halogens is 1. The average molecular weight is 328 g/mol. The molecule has 1 aromatic rings. The molecule has 0 bridgehead atoms. The van der Waals surface area contributed by atoms with Crippen molar-refractivity contribution in [1.29, 1.82) is 0 Å². The van der Waals surface area contributed by atoms with Gasteiger partial charge in [-0.05, 0) is 31.2 Å². The van der Waals surface area contributed by atoms with Crippen LogP contribution >= 0.6 is 0 Å². The molecule has 2 rings (SSSR count). The Morgan fingerprint density at radius 1 is 1.41 bits per heavy atom. The van der Waals surface area contributed by atoms with E-state index in [-0.39, 0.29) is 22.6 Å². The van der Waals surface area contributed by atoms with Crippen molar-refractivity contribution >= 4 is 15.7 Å². The molecule has 1 amide bonds. The summed E-state index contributed by atoms with van der Waals surface area (Å²) in [5, 5.41) is 3.19. The molecule has 2 unspecified atom stereocenters. The van der Waals surface area contributed by atoms with Gasteiger partial charge in [-0.25, -0.2) is 12.8 Å². The van der Waals surface area contributed by atoms with Gasteiger partial charge < -0.3 is 10.2 Å². The second kappa shape index (κ2) is 6.75. The summed E-state index contributed by atoms with van der Waals surface area (Å²) in [5.41, 5.74) is 0. The Morgan fingerprint density at radius 3 is 2.64 bits per heavy atom. The highest BCUT2D eigenvalue weighted by molar-refractivity contribution is 7.91. The fourth-order valence-corrected chi connectivity index (χ4v) is 4.13. The molecular formula is C15H21FN2O3S. The smallest absolute Gasteiger partial charge is 0.226 e. The van der Waals surface area contributed by atoms with Gasteiger partial charge in [-0.1, -0.05) is 6.92 Å². The molecule has 0 saturated carbocycles. The number of piperazine rings is 1. The minimum Gasteiger partial charge on any atom is -0.337 e. The van der Waals surface area contributed by atoms with E-state index in [1.807, 2.05) is 6.92 Å². The number of hydrogen-bond donors (Lipinski definition) is 1. The van der Waals surface area contributed by atoms with Gasteiger partial charge in [0.25, 0.3) is 0 Å². The van der Waals surface area contributed by atoms with Crippen LogP contribution in [0.5, 0.6) is 0 Å². The predicted octanol–water partition coefficient (Wildman–Crippen LogP) is 1.06. The molecule has 5 nitrogen and oxygen atoms in total. The van der Waals surface area contributed by atoms with Gasteiger partial charge in [0.05, 0.1) is 10.6 Å². The van der Waals surface area contributed by atoms with Gasteiger partial charge in [-0.3, -0.25) is 4.79 Å². The van der Waals surface area contributed by atoms with Crippen molar-refractivity contribution in [3.63, 3.8) is 0 Å². The third kappa shape index (κ3) is 3.84. The molecule has 1 saturated heterocycles. The minimum absolute atomic E-state index is 0.0434. The van der Waals surface area contributed by atoms with Crippen LogP contribution in [-0.2, 0) is 14.6 Å². The van der Waals surface area contributed by atoms with Crippen LogP contribution in [0.2, 0.25) is 0 Å². The van der Waals surface area contributed by atoms with Gasteiger partial charge in [0.1, 0.15) is 5.82 Å². The Labute approximate surface area is 130 Å². The topological polar surface area (TPSA) is 66.5 Å². The van der Waals surface area contributed by atoms with Crippen molar-refractivity contribution in [3.8, 4) is 0 Å². The van der Waals surface area contributed by atoms with E-state index >= 15 is 0 Å². The second-order valence-corrected chi connectivity index (χ2v) is 7.76. The molecular weight excluding hydrogens is 307 g/mol. The molecule has 1 fully saturated rings. The van der Waals surface area contributed by atoms with Crippen LogP contribution < -0.4 is 5.32 Å². The summed E-state index contributed by atoms with van der Waals surface area (Å²) in [6.07, 6.45) is 0. The van der Waals surface area contributed by atoms with Crippen LogP contribution in [0.3, 0.4) is 0 Å². The lowest BCUT2D eigenvalue weighted by atomic mass is 10.1. The summed E-state index contributed by atoms with van der Waals surface area (Å²) in [7, 11) is -3.61. The Bertz CT molecular complexity index is 631. The summed E-state index contributed by atoms with van der Waals surface area (Å²) in [5.74, 6) is -1.54. The Kier molecular flexibility index (Phi) is 5.18. The van der Waals surface area contributed by atoms with E-state index in [1.54, 1.807) is 11.8 Å². The number of sulfone groups is 1. The normalized spacial score (nSPS) is 20.7. The van der Waals surface area contributed by atoms with Crippen molar-refractivity contribution in [2.45, 2.75) is 24.8 Å². The second-order valence-electron chi connectivity index (χ2n) is 5.72. The van der Waals surface area contributed by atoms with Crippen LogP contribution in [0.25, 0.3) is 0 Å². The summed E-state index contributed by atoms with van der Waals surface area (Å²) < 4.78 is 37.5. The van der Waals surface area contributed by atoms with E-state index in [9.17, 15) is 17.6 Å². The van der Waals surface area contributed by atoms with E-state index < -0.39 is 21.6 Å². The van der Waals surface area contributed by atoms with Gasteiger partial charge in [0, 0.05) is 31.6 Å². The van der Waals surface area contributed by atoms with Crippen molar-refractivity contribution in [2.24, 2.45) is 5.92 Å². The lowest BCUT2D eigenvalue weighted by Gasteiger charge is -2.35. The van der Waals surface area contributed by atoms with E-state index in [1.165, 1.54) is 12.1 Å². The number of nitrogens with zero attached hydrogens (tertiary/aromatic N) is 1. The minimum atomic E-state index is -3.61. The van der Waals surface area contributed by atoms with Crippen molar-refractivity contribution < 1.29 is 17.6 Å².